The molecule has 0 bridgehead atoms. The maximum absolute atomic E-state index is 12.3. The van der Waals surface area contributed by atoms with E-state index < -0.39 is 0 Å². The van der Waals surface area contributed by atoms with Crippen molar-refractivity contribution in [2.75, 3.05) is 5.32 Å². The minimum absolute atomic E-state index is 0.138. The van der Waals surface area contributed by atoms with E-state index in [4.69, 9.17) is 9.15 Å². The van der Waals surface area contributed by atoms with Crippen LogP contribution in [0.3, 0.4) is 0 Å². The first-order valence-electron chi connectivity index (χ1n) is 10.2. The predicted molar refractivity (Wildman–Crippen MR) is 125 cm³/mol. The Balaban J connectivity index is 1.28. The van der Waals surface area contributed by atoms with E-state index in [1.165, 1.54) is 11.8 Å². The fourth-order valence-corrected chi connectivity index (χ4v) is 3.72. The Hall–Kier alpha value is -3.58. The maximum atomic E-state index is 12.3. The third kappa shape index (κ3) is 5.76. The zero-order valence-corrected chi connectivity index (χ0v) is 18.7. The number of hydrogen-bond acceptors (Lipinski definition) is 6. The number of aromatic nitrogens is 2. The van der Waals surface area contributed by atoms with Gasteiger partial charge in [0.05, 0.1) is 0 Å². The highest BCUT2D eigenvalue weighted by molar-refractivity contribution is 7.98. The summed E-state index contributed by atoms with van der Waals surface area (Å²) >= 11 is 1.44. The summed E-state index contributed by atoms with van der Waals surface area (Å²) in [6.07, 6.45) is 0. The summed E-state index contributed by atoms with van der Waals surface area (Å²) in [6, 6.07) is 22.9. The molecule has 32 heavy (non-hydrogen) atoms. The van der Waals surface area contributed by atoms with E-state index in [2.05, 4.69) is 15.5 Å². The van der Waals surface area contributed by atoms with E-state index in [9.17, 15) is 4.79 Å². The number of thioether (sulfide) groups is 1. The molecule has 3 aromatic carbocycles. The average Bonchev–Trinajstić information content (AvgIpc) is 3.27. The van der Waals surface area contributed by atoms with Crippen molar-refractivity contribution in [3.8, 4) is 5.75 Å². The van der Waals surface area contributed by atoms with Crippen LogP contribution in [0.1, 0.15) is 32.9 Å². The first-order chi connectivity index (χ1) is 15.6. The van der Waals surface area contributed by atoms with Gasteiger partial charge in [0.1, 0.15) is 5.75 Å². The number of anilines is 1. The Labute approximate surface area is 191 Å². The summed E-state index contributed by atoms with van der Waals surface area (Å²) in [7, 11) is 0. The van der Waals surface area contributed by atoms with Crippen LogP contribution in [-0.2, 0) is 12.4 Å². The number of ether oxygens (including phenoxy) is 1. The monoisotopic (exact) mass is 445 g/mol. The van der Waals surface area contributed by atoms with Gasteiger partial charge in [-0.05, 0) is 60.9 Å². The first-order valence-corrected chi connectivity index (χ1v) is 11.2. The zero-order valence-electron chi connectivity index (χ0n) is 17.9. The number of carbonyl (C=O) groups is 1. The quantitative estimate of drug-likeness (QED) is 0.345. The lowest BCUT2D eigenvalue weighted by Crippen LogP contribution is -2.11. The Bertz CT molecular complexity index is 1190. The zero-order chi connectivity index (χ0) is 22.3. The first kappa shape index (κ1) is 21.6. The molecule has 0 fully saturated rings. The molecule has 1 aromatic heterocycles. The van der Waals surface area contributed by atoms with Crippen molar-refractivity contribution in [1.82, 2.24) is 10.2 Å². The van der Waals surface area contributed by atoms with Crippen LogP contribution < -0.4 is 10.1 Å². The highest BCUT2D eigenvalue weighted by Crippen LogP contribution is 2.24. The van der Waals surface area contributed by atoms with Gasteiger partial charge < -0.3 is 14.5 Å². The smallest absolute Gasteiger partial charge is 0.277 e. The molecule has 162 valence electrons. The Morgan fingerprint density at radius 2 is 1.78 bits per heavy atom. The van der Waals surface area contributed by atoms with Crippen LogP contribution in [0.2, 0.25) is 0 Å². The molecule has 0 unspecified atom stereocenters. The molecular weight excluding hydrogens is 422 g/mol. The van der Waals surface area contributed by atoms with Crippen LogP contribution in [0.25, 0.3) is 0 Å². The van der Waals surface area contributed by atoms with E-state index in [1.54, 1.807) is 0 Å². The molecule has 0 spiro atoms. The molecule has 0 saturated heterocycles. The summed E-state index contributed by atoms with van der Waals surface area (Å²) < 4.78 is 11.5. The molecule has 4 aromatic rings. The molecule has 0 saturated carbocycles. The Kier molecular flexibility index (Phi) is 6.87. The summed E-state index contributed by atoms with van der Waals surface area (Å²) in [5.74, 6) is 1.76. The maximum Gasteiger partial charge on any atom is 0.277 e. The molecule has 1 N–H and O–H groups in total. The second-order valence-electron chi connectivity index (χ2n) is 7.33. The van der Waals surface area contributed by atoms with Crippen LogP contribution in [0.4, 0.5) is 5.69 Å². The molecule has 1 amide bonds. The van der Waals surface area contributed by atoms with Crippen LogP contribution >= 0.6 is 11.8 Å². The number of carbonyl (C=O) groups excluding carboxylic acids is 1. The van der Waals surface area contributed by atoms with Gasteiger partial charge in [-0.2, -0.15) is 0 Å². The summed E-state index contributed by atoms with van der Waals surface area (Å²) in [6.45, 7) is 4.25. The molecule has 0 aliphatic heterocycles. The van der Waals surface area contributed by atoms with Crippen LogP contribution in [0.15, 0.2) is 82.4 Å². The Morgan fingerprint density at radius 1 is 1.00 bits per heavy atom. The van der Waals surface area contributed by atoms with Crippen molar-refractivity contribution in [1.29, 1.82) is 0 Å². The number of nitrogens with one attached hydrogen (secondary N) is 1. The normalized spacial score (nSPS) is 10.7. The summed E-state index contributed by atoms with van der Waals surface area (Å²) in [5.41, 5.74) is 4.62. The standard InChI is InChI=1S/C25H23N3O3S/c1-17-8-9-18(2)22(14-17)30-15-23-27-28-25(31-23)32-16-19-10-12-20(13-11-19)24(29)26-21-6-4-3-5-7-21/h3-14H,15-16H2,1-2H3,(H,26,29). The molecule has 0 aliphatic rings. The van der Waals surface area contributed by atoms with E-state index in [0.717, 1.165) is 28.1 Å². The van der Waals surface area contributed by atoms with Gasteiger partial charge in [0.2, 0.25) is 0 Å². The number of nitrogens with zero attached hydrogens (tertiary/aromatic N) is 2. The van der Waals surface area contributed by atoms with Gasteiger partial charge in [0, 0.05) is 17.0 Å². The molecule has 4 rings (SSSR count). The fraction of sp³-hybridized carbons (Fsp3) is 0.160. The minimum atomic E-state index is -0.138. The molecule has 1 heterocycles. The van der Waals surface area contributed by atoms with Crippen molar-refractivity contribution in [3.63, 3.8) is 0 Å². The van der Waals surface area contributed by atoms with Crippen molar-refractivity contribution in [2.45, 2.75) is 31.4 Å². The second-order valence-corrected chi connectivity index (χ2v) is 8.25. The van der Waals surface area contributed by atoms with Gasteiger partial charge >= 0.3 is 0 Å². The van der Waals surface area contributed by atoms with E-state index in [1.807, 2.05) is 86.6 Å². The highest BCUT2D eigenvalue weighted by atomic mass is 32.2. The summed E-state index contributed by atoms with van der Waals surface area (Å²) in [4.78, 5) is 12.3. The van der Waals surface area contributed by atoms with Crippen molar-refractivity contribution in [2.24, 2.45) is 0 Å². The largest absolute Gasteiger partial charge is 0.484 e. The fourth-order valence-electron chi connectivity index (χ4n) is 2.98. The number of hydrogen-bond donors (Lipinski definition) is 1. The second kappa shape index (κ2) is 10.2. The SMILES string of the molecule is Cc1ccc(C)c(OCc2nnc(SCc3ccc(C(=O)Nc4ccccc4)cc3)o2)c1. The number of benzene rings is 3. The Morgan fingerprint density at radius 3 is 2.56 bits per heavy atom. The summed E-state index contributed by atoms with van der Waals surface area (Å²) in [5, 5.41) is 11.5. The van der Waals surface area contributed by atoms with Gasteiger partial charge in [0.15, 0.2) is 6.61 Å². The predicted octanol–water partition coefficient (Wildman–Crippen LogP) is 5.81. The average molecular weight is 446 g/mol. The van der Waals surface area contributed by atoms with Gasteiger partial charge in [-0.1, -0.05) is 54.2 Å². The molecule has 7 heteroatoms. The van der Waals surface area contributed by atoms with Crippen LogP contribution in [0, 0.1) is 13.8 Å². The molecule has 0 aliphatic carbocycles. The molecule has 0 radical (unpaired) electrons. The number of para-hydroxylation sites is 1. The van der Waals surface area contributed by atoms with Crippen LogP contribution in [-0.4, -0.2) is 16.1 Å². The molecular formula is C25H23N3O3S. The number of aryl methyl sites for hydroxylation is 2. The topological polar surface area (TPSA) is 77.2 Å². The van der Waals surface area contributed by atoms with E-state index in [0.29, 0.717) is 22.4 Å². The number of amides is 1. The third-order valence-corrected chi connectivity index (χ3v) is 5.64. The lowest BCUT2D eigenvalue weighted by molar-refractivity contribution is 0.102. The van der Waals surface area contributed by atoms with Crippen LogP contribution in [0.5, 0.6) is 5.75 Å². The highest BCUT2D eigenvalue weighted by Gasteiger charge is 2.10. The van der Waals surface area contributed by atoms with Gasteiger partial charge in [-0.25, -0.2) is 0 Å². The lowest BCUT2D eigenvalue weighted by atomic mass is 10.1. The number of rotatable bonds is 8. The minimum Gasteiger partial charge on any atom is -0.484 e. The van der Waals surface area contributed by atoms with Gasteiger partial charge in [-0.3, -0.25) is 4.79 Å². The van der Waals surface area contributed by atoms with E-state index in [-0.39, 0.29) is 12.5 Å². The van der Waals surface area contributed by atoms with Crippen molar-refractivity contribution >= 4 is 23.4 Å². The molecule has 0 atom stereocenters. The third-order valence-electron chi connectivity index (χ3n) is 4.75. The molecule has 6 nitrogen and oxygen atoms in total. The van der Waals surface area contributed by atoms with Crippen molar-refractivity contribution in [3.05, 3.63) is 101 Å². The van der Waals surface area contributed by atoms with Crippen molar-refractivity contribution < 1.29 is 13.9 Å². The van der Waals surface area contributed by atoms with E-state index >= 15 is 0 Å². The van der Waals surface area contributed by atoms with Gasteiger partial charge in [0.25, 0.3) is 17.0 Å². The van der Waals surface area contributed by atoms with Gasteiger partial charge in [-0.15, -0.1) is 10.2 Å². The lowest BCUT2D eigenvalue weighted by Gasteiger charge is -2.07.